The van der Waals surface area contributed by atoms with Crippen LogP contribution < -0.4 is 26.4 Å². The first-order valence-corrected chi connectivity index (χ1v) is 14.5. The lowest BCUT2D eigenvalue weighted by atomic mass is 9.79. The van der Waals surface area contributed by atoms with E-state index in [0.29, 0.717) is 37.5 Å². The van der Waals surface area contributed by atoms with Crippen LogP contribution in [0.4, 0.5) is 0 Å². The number of amides is 2. The quantitative estimate of drug-likeness (QED) is 0.189. The van der Waals surface area contributed by atoms with Crippen LogP contribution in [0.3, 0.4) is 0 Å². The molecule has 0 spiro atoms. The van der Waals surface area contributed by atoms with Crippen molar-refractivity contribution in [1.82, 2.24) is 16.0 Å². The second-order valence-electron chi connectivity index (χ2n) is 11.7. The van der Waals surface area contributed by atoms with Crippen LogP contribution in [0.2, 0.25) is 0 Å². The lowest BCUT2D eigenvalue weighted by Crippen LogP contribution is -2.54. The maximum atomic E-state index is 13.0. The van der Waals surface area contributed by atoms with Gasteiger partial charge in [-0.3, -0.25) is 9.59 Å². The number of unbranched alkanes of at least 4 members (excludes halogenated alkanes) is 1. The van der Waals surface area contributed by atoms with Crippen LogP contribution in [-0.2, 0) is 9.53 Å². The smallest absolute Gasteiger partial charge is 0.255 e. The molecule has 0 aromatic heterocycles. The van der Waals surface area contributed by atoms with Crippen molar-refractivity contribution in [2.75, 3.05) is 40.0 Å². The number of rotatable bonds is 17. The zero-order valence-corrected chi connectivity index (χ0v) is 24.6. The van der Waals surface area contributed by atoms with Crippen LogP contribution in [0.25, 0.3) is 0 Å². The average molecular weight is 549 g/mol. The Morgan fingerprint density at radius 2 is 1.85 bits per heavy atom. The van der Waals surface area contributed by atoms with E-state index in [2.05, 4.69) is 29.8 Å². The van der Waals surface area contributed by atoms with Gasteiger partial charge in [-0.1, -0.05) is 32.4 Å². The minimum Gasteiger partial charge on any atom is -0.493 e. The van der Waals surface area contributed by atoms with Gasteiger partial charge in [0.15, 0.2) is 0 Å². The Labute approximate surface area is 235 Å². The van der Waals surface area contributed by atoms with Gasteiger partial charge < -0.3 is 36.3 Å². The molecule has 1 saturated heterocycles. The summed E-state index contributed by atoms with van der Waals surface area (Å²) in [5, 5.41) is 20.1. The second kappa shape index (κ2) is 16.8. The van der Waals surface area contributed by atoms with Gasteiger partial charge in [0.25, 0.3) is 5.91 Å². The molecule has 2 rings (SSSR count). The SMILES string of the molecule is COCCCCOc1ccccc1C(=O)NC[C@@H](C[C@H](N)[C@@H](O)CNC(=O)C(C)(C)[C@@H]1CCCCN1)C(C)C. The summed E-state index contributed by atoms with van der Waals surface area (Å²) in [6.07, 6.45) is 4.58. The van der Waals surface area contributed by atoms with E-state index in [1.165, 1.54) is 0 Å². The zero-order chi connectivity index (χ0) is 28.8. The van der Waals surface area contributed by atoms with Crippen molar-refractivity contribution in [2.45, 2.75) is 84.4 Å². The van der Waals surface area contributed by atoms with E-state index in [1.54, 1.807) is 19.2 Å². The highest BCUT2D eigenvalue weighted by Crippen LogP contribution is 2.27. The fourth-order valence-electron chi connectivity index (χ4n) is 4.93. The van der Waals surface area contributed by atoms with Crippen LogP contribution >= 0.6 is 0 Å². The molecule has 2 amide bonds. The second-order valence-corrected chi connectivity index (χ2v) is 11.7. The molecule has 9 nitrogen and oxygen atoms in total. The standard InChI is InChI=1S/C30H52N4O5/c1-21(2)22(19-33-28(36)23-12-6-7-13-26(23)39-17-11-10-16-38-5)18-24(31)25(35)20-34-29(37)30(3,4)27-14-8-9-15-32-27/h6-7,12-13,21-22,24-25,27,32,35H,8-11,14-20,31H2,1-5H3,(H,33,36)(H,34,37)/t22-,24+,25+,27+/m1/s1. The van der Waals surface area contributed by atoms with E-state index >= 15 is 0 Å². The molecule has 0 unspecified atom stereocenters. The van der Waals surface area contributed by atoms with E-state index < -0.39 is 17.6 Å². The highest BCUT2D eigenvalue weighted by molar-refractivity contribution is 5.96. The first kappa shape index (κ1) is 33.0. The lowest BCUT2D eigenvalue weighted by Gasteiger charge is -2.37. The third-order valence-electron chi connectivity index (χ3n) is 7.91. The number of carbonyl (C=O) groups is 2. The van der Waals surface area contributed by atoms with Gasteiger partial charge in [0, 0.05) is 38.9 Å². The van der Waals surface area contributed by atoms with Crippen molar-refractivity contribution in [2.24, 2.45) is 23.0 Å². The van der Waals surface area contributed by atoms with Gasteiger partial charge in [0.2, 0.25) is 5.91 Å². The summed E-state index contributed by atoms with van der Waals surface area (Å²) in [7, 11) is 1.67. The van der Waals surface area contributed by atoms with Crippen molar-refractivity contribution < 1.29 is 24.2 Å². The molecule has 1 heterocycles. The summed E-state index contributed by atoms with van der Waals surface area (Å²) in [6, 6.07) is 6.82. The number of ether oxygens (including phenoxy) is 2. The summed E-state index contributed by atoms with van der Waals surface area (Å²) in [5.41, 5.74) is 6.29. The third kappa shape index (κ3) is 10.7. The molecule has 6 N–H and O–H groups in total. The van der Waals surface area contributed by atoms with Crippen molar-refractivity contribution in [3.8, 4) is 5.75 Å². The number of methoxy groups -OCH3 is 1. The summed E-state index contributed by atoms with van der Waals surface area (Å²) >= 11 is 0. The molecule has 39 heavy (non-hydrogen) atoms. The largest absolute Gasteiger partial charge is 0.493 e. The molecular weight excluding hydrogens is 496 g/mol. The van der Waals surface area contributed by atoms with Crippen molar-refractivity contribution >= 4 is 11.8 Å². The number of nitrogens with two attached hydrogens (primary N) is 1. The monoisotopic (exact) mass is 548 g/mol. The number of nitrogens with one attached hydrogen (secondary N) is 3. The number of carbonyl (C=O) groups excluding carboxylic acids is 2. The minimum absolute atomic E-state index is 0.0549. The molecule has 1 aliphatic rings. The van der Waals surface area contributed by atoms with Gasteiger partial charge >= 0.3 is 0 Å². The summed E-state index contributed by atoms with van der Waals surface area (Å²) in [4.78, 5) is 25.9. The van der Waals surface area contributed by atoms with Crippen LogP contribution in [0.5, 0.6) is 5.75 Å². The summed E-state index contributed by atoms with van der Waals surface area (Å²) in [6.45, 7) is 10.7. The highest BCUT2D eigenvalue weighted by atomic mass is 16.5. The Morgan fingerprint density at radius 1 is 1.13 bits per heavy atom. The normalized spacial score (nSPS) is 18.3. The predicted octanol–water partition coefficient (Wildman–Crippen LogP) is 2.86. The Kier molecular flexibility index (Phi) is 14.2. The van der Waals surface area contributed by atoms with Gasteiger partial charge in [-0.2, -0.15) is 0 Å². The number of aliphatic hydroxyl groups excluding tert-OH is 1. The number of para-hydroxylation sites is 1. The van der Waals surface area contributed by atoms with Gasteiger partial charge in [-0.15, -0.1) is 0 Å². The molecule has 9 heteroatoms. The highest BCUT2D eigenvalue weighted by Gasteiger charge is 2.37. The maximum absolute atomic E-state index is 13.0. The maximum Gasteiger partial charge on any atom is 0.255 e. The molecule has 1 aromatic carbocycles. The predicted molar refractivity (Wildman–Crippen MR) is 155 cm³/mol. The molecule has 0 bridgehead atoms. The number of hydrogen-bond acceptors (Lipinski definition) is 7. The van der Waals surface area contributed by atoms with Crippen molar-refractivity contribution in [3.63, 3.8) is 0 Å². The molecule has 0 saturated carbocycles. The van der Waals surface area contributed by atoms with E-state index in [-0.39, 0.29) is 36.2 Å². The molecule has 1 aromatic rings. The van der Waals surface area contributed by atoms with E-state index in [0.717, 1.165) is 38.6 Å². The number of hydrogen-bond donors (Lipinski definition) is 5. The number of aliphatic hydroxyl groups is 1. The third-order valence-corrected chi connectivity index (χ3v) is 7.91. The van der Waals surface area contributed by atoms with Gasteiger partial charge in [0.05, 0.1) is 23.7 Å². The summed E-state index contributed by atoms with van der Waals surface area (Å²) in [5.74, 6) is 0.567. The number of piperidine rings is 1. The molecular formula is C30H52N4O5. The Balaban J connectivity index is 1.85. The van der Waals surface area contributed by atoms with Gasteiger partial charge in [0.1, 0.15) is 5.75 Å². The molecule has 1 aliphatic heterocycles. The lowest BCUT2D eigenvalue weighted by molar-refractivity contribution is -0.131. The van der Waals surface area contributed by atoms with Crippen molar-refractivity contribution in [1.29, 1.82) is 0 Å². The molecule has 222 valence electrons. The fourth-order valence-corrected chi connectivity index (χ4v) is 4.93. The van der Waals surface area contributed by atoms with E-state index in [9.17, 15) is 14.7 Å². The Hall–Kier alpha value is -2.20. The molecule has 4 atom stereocenters. The van der Waals surface area contributed by atoms with Crippen molar-refractivity contribution in [3.05, 3.63) is 29.8 Å². The fraction of sp³-hybridized carbons (Fsp3) is 0.733. The van der Waals surface area contributed by atoms with E-state index in [4.69, 9.17) is 15.2 Å². The van der Waals surface area contributed by atoms with Crippen LogP contribution in [0, 0.1) is 17.3 Å². The molecule has 0 radical (unpaired) electrons. The number of benzene rings is 1. The van der Waals surface area contributed by atoms with Gasteiger partial charge in [-0.25, -0.2) is 0 Å². The van der Waals surface area contributed by atoms with Gasteiger partial charge in [-0.05, 0) is 76.5 Å². The molecule has 1 fully saturated rings. The summed E-state index contributed by atoms with van der Waals surface area (Å²) < 4.78 is 10.9. The average Bonchev–Trinajstić information content (AvgIpc) is 2.93. The van der Waals surface area contributed by atoms with Crippen LogP contribution in [0.15, 0.2) is 24.3 Å². The Morgan fingerprint density at radius 3 is 2.51 bits per heavy atom. The van der Waals surface area contributed by atoms with Crippen LogP contribution in [0.1, 0.15) is 76.6 Å². The van der Waals surface area contributed by atoms with Crippen LogP contribution in [-0.4, -0.2) is 75.1 Å². The first-order valence-electron chi connectivity index (χ1n) is 14.5. The Bertz CT molecular complexity index is 873. The zero-order valence-electron chi connectivity index (χ0n) is 24.6. The first-order chi connectivity index (χ1) is 18.6. The topological polar surface area (TPSA) is 135 Å². The molecule has 0 aliphatic carbocycles. The minimum atomic E-state index is -0.881. The van der Waals surface area contributed by atoms with E-state index in [1.807, 2.05) is 26.0 Å².